The predicted octanol–water partition coefficient (Wildman–Crippen LogP) is 3.13. The van der Waals surface area contributed by atoms with Crippen molar-refractivity contribution < 1.29 is 9.47 Å². The van der Waals surface area contributed by atoms with Gasteiger partial charge in [-0.1, -0.05) is 6.07 Å². The van der Waals surface area contributed by atoms with E-state index >= 15 is 0 Å². The van der Waals surface area contributed by atoms with Gasteiger partial charge in [0.05, 0.1) is 13.2 Å². The van der Waals surface area contributed by atoms with Crippen LogP contribution in [0, 0.1) is 5.92 Å². The van der Waals surface area contributed by atoms with E-state index in [9.17, 15) is 0 Å². The van der Waals surface area contributed by atoms with E-state index in [0.29, 0.717) is 6.61 Å². The molecular weight excluding hydrogens is 238 g/mol. The van der Waals surface area contributed by atoms with E-state index in [-0.39, 0.29) is 0 Å². The molecule has 0 radical (unpaired) electrons. The molecule has 0 aromatic heterocycles. The molecule has 3 heteroatoms. The van der Waals surface area contributed by atoms with Gasteiger partial charge >= 0.3 is 0 Å². The third kappa shape index (κ3) is 3.87. The molecular formula is C16H23NO2. The standard InChI is InChI=1S/C16H23NO2/c1-2-18-16-9-13(10-17-14-6-7-14)5-8-15(16)19-11-12-3-4-12/h5,8-9,12,14,17H,2-4,6-7,10-11H2,1H3. The van der Waals surface area contributed by atoms with Crippen molar-refractivity contribution in [3.63, 3.8) is 0 Å². The lowest BCUT2D eigenvalue weighted by Gasteiger charge is -2.13. The van der Waals surface area contributed by atoms with Gasteiger partial charge < -0.3 is 14.8 Å². The maximum Gasteiger partial charge on any atom is 0.161 e. The molecule has 0 saturated heterocycles. The molecule has 0 bridgehead atoms. The molecule has 2 aliphatic carbocycles. The van der Waals surface area contributed by atoms with E-state index in [1.165, 1.54) is 31.2 Å². The summed E-state index contributed by atoms with van der Waals surface area (Å²) in [6.45, 7) is 4.45. The van der Waals surface area contributed by atoms with Crippen LogP contribution >= 0.6 is 0 Å². The Hall–Kier alpha value is -1.22. The quantitative estimate of drug-likeness (QED) is 0.780. The first-order valence-electron chi connectivity index (χ1n) is 7.47. The molecule has 19 heavy (non-hydrogen) atoms. The summed E-state index contributed by atoms with van der Waals surface area (Å²) in [6.07, 6.45) is 5.27. The number of hydrogen-bond acceptors (Lipinski definition) is 3. The minimum Gasteiger partial charge on any atom is -0.490 e. The number of benzene rings is 1. The predicted molar refractivity (Wildman–Crippen MR) is 75.7 cm³/mol. The Balaban J connectivity index is 1.62. The molecule has 3 nitrogen and oxygen atoms in total. The van der Waals surface area contributed by atoms with Gasteiger partial charge in [0.1, 0.15) is 0 Å². The zero-order chi connectivity index (χ0) is 13.1. The molecule has 2 saturated carbocycles. The third-order valence-electron chi connectivity index (χ3n) is 3.65. The molecule has 3 rings (SSSR count). The smallest absolute Gasteiger partial charge is 0.161 e. The molecule has 2 aliphatic rings. The highest BCUT2D eigenvalue weighted by Crippen LogP contribution is 2.33. The van der Waals surface area contributed by atoms with Crippen molar-refractivity contribution >= 4 is 0 Å². The summed E-state index contributed by atoms with van der Waals surface area (Å²) in [5.41, 5.74) is 1.27. The van der Waals surface area contributed by atoms with Crippen LogP contribution < -0.4 is 14.8 Å². The van der Waals surface area contributed by atoms with E-state index in [4.69, 9.17) is 9.47 Å². The first-order valence-corrected chi connectivity index (χ1v) is 7.47. The van der Waals surface area contributed by atoms with Crippen LogP contribution in [0.25, 0.3) is 0 Å². The van der Waals surface area contributed by atoms with Crippen LogP contribution in [0.2, 0.25) is 0 Å². The third-order valence-corrected chi connectivity index (χ3v) is 3.65. The van der Waals surface area contributed by atoms with Gasteiger partial charge in [0.25, 0.3) is 0 Å². The maximum atomic E-state index is 5.86. The van der Waals surface area contributed by atoms with Crippen molar-refractivity contribution in [3.8, 4) is 11.5 Å². The fraction of sp³-hybridized carbons (Fsp3) is 0.625. The molecule has 0 unspecified atom stereocenters. The molecule has 0 amide bonds. The van der Waals surface area contributed by atoms with Crippen molar-refractivity contribution in [1.29, 1.82) is 0 Å². The Morgan fingerprint density at radius 3 is 2.63 bits per heavy atom. The zero-order valence-corrected chi connectivity index (χ0v) is 11.7. The Bertz CT molecular complexity index is 425. The van der Waals surface area contributed by atoms with Gasteiger partial charge in [0, 0.05) is 12.6 Å². The summed E-state index contributed by atoms with van der Waals surface area (Å²) in [7, 11) is 0. The molecule has 2 fully saturated rings. The molecule has 0 atom stereocenters. The fourth-order valence-corrected chi connectivity index (χ4v) is 2.09. The summed E-state index contributed by atoms with van der Waals surface area (Å²) >= 11 is 0. The Morgan fingerprint density at radius 1 is 1.11 bits per heavy atom. The summed E-state index contributed by atoms with van der Waals surface area (Å²) in [5.74, 6) is 2.55. The molecule has 0 aliphatic heterocycles. The Morgan fingerprint density at radius 2 is 1.95 bits per heavy atom. The highest BCUT2D eigenvalue weighted by Gasteiger charge is 2.23. The maximum absolute atomic E-state index is 5.86. The molecule has 0 spiro atoms. The lowest BCUT2D eigenvalue weighted by atomic mass is 10.2. The van der Waals surface area contributed by atoms with Crippen molar-refractivity contribution in [2.45, 2.75) is 45.2 Å². The van der Waals surface area contributed by atoms with Gasteiger partial charge in [-0.25, -0.2) is 0 Å². The zero-order valence-electron chi connectivity index (χ0n) is 11.7. The van der Waals surface area contributed by atoms with E-state index in [2.05, 4.69) is 23.5 Å². The van der Waals surface area contributed by atoms with Crippen molar-refractivity contribution in [2.75, 3.05) is 13.2 Å². The van der Waals surface area contributed by atoms with Gasteiger partial charge in [-0.2, -0.15) is 0 Å². The van der Waals surface area contributed by atoms with Gasteiger partial charge in [-0.3, -0.25) is 0 Å². The lowest BCUT2D eigenvalue weighted by molar-refractivity contribution is 0.266. The number of nitrogens with one attached hydrogen (secondary N) is 1. The SMILES string of the molecule is CCOc1cc(CNC2CC2)ccc1OCC1CC1. The van der Waals surface area contributed by atoms with Gasteiger partial charge in [-0.15, -0.1) is 0 Å². The van der Waals surface area contributed by atoms with Crippen LogP contribution in [0.1, 0.15) is 38.2 Å². The second-order valence-electron chi connectivity index (χ2n) is 5.62. The Kier molecular flexibility index (Phi) is 3.92. The molecule has 0 heterocycles. The highest BCUT2D eigenvalue weighted by molar-refractivity contribution is 5.43. The highest BCUT2D eigenvalue weighted by atomic mass is 16.5. The summed E-state index contributed by atoms with van der Waals surface area (Å²) in [5, 5.41) is 3.53. The largest absolute Gasteiger partial charge is 0.490 e. The van der Waals surface area contributed by atoms with Crippen molar-refractivity contribution in [3.05, 3.63) is 23.8 Å². The van der Waals surface area contributed by atoms with Gasteiger partial charge in [0.15, 0.2) is 11.5 Å². The van der Waals surface area contributed by atoms with Crippen LogP contribution in [0.3, 0.4) is 0 Å². The second-order valence-corrected chi connectivity index (χ2v) is 5.62. The molecule has 104 valence electrons. The molecule has 1 aromatic carbocycles. The topological polar surface area (TPSA) is 30.5 Å². The second kappa shape index (κ2) is 5.83. The minimum absolute atomic E-state index is 0.680. The van der Waals surface area contributed by atoms with E-state index < -0.39 is 0 Å². The van der Waals surface area contributed by atoms with Crippen LogP contribution in [-0.2, 0) is 6.54 Å². The van der Waals surface area contributed by atoms with E-state index in [0.717, 1.165) is 36.6 Å². The van der Waals surface area contributed by atoms with Crippen LogP contribution in [-0.4, -0.2) is 19.3 Å². The average molecular weight is 261 g/mol. The van der Waals surface area contributed by atoms with E-state index in [1.807, 2.05) is 6.92 Å². The van der Waals surface area contributed by atoms with E-state index in [1.54, 1.807) is 0 Å². The fourth-order valence-electron chi connectivity index (χ4n) is 2.09. The van der Waals surface area contributed by atoms with Crippen molar-refractivity contribution in [2.24, 2.45) is 5.92 Å². The summed E-state index contributed by atoms with van der Waals surface area (Å²) in [4.78, 5) is 0. The van der Waals surface area contributed by atoms with Crippen LogP contribution in [0.5, 0.6) is 11.5 Å². The van der Waals surface area contributed by atoms with Crippen LogP contribution in [0.4, 0.5) is 0 Å². The number of hydrogen-bond donors (Lipinski definition) is 1. The first-order chi connectivity index (χ1) is 9.35. The molecule has 1 N–H and O–H groups in total. The van der Waals surface area contributed by atoms with Crippen molar-refractivity contribution in [1.82, 2.24) is 5.32 Å². The summed E-state index contributed by atoms with van der Waals surface area (Å²) in [6, 6.07) is 7.04. The summed E-state index contributed by atoms with van der Waals surface area (Å²) < 4.78 is 11.6. The number of ether oxygens (including phenoxy) is 2. The monoisotopic (exact) mass is 261 g/mol. The van der Waals surface area contributed by atoms with Crippen LogP contribution in [0.15, 0.2) is 18.2 Å². The molecule has 1 aromatic rings. The normalized spacial score (nSPS) is 18.4. The lowest BCUT2D eigenvalue weighted by Crippen LogP contribution is -2.15. The minimum atomic E-state index is 0.680. The van der Waals surface area contributed by atoms with Gasteiger partial charge in [-0.05, 0) is 56.2 Å². The number of rotatable bonds is 8. The first kappa shape index (κ1) is 12.8. The van der Waals surface area contributed by atoms with Gasteiger partial charge in [0.2, 0.25) is 0 Å². The Labute approximate surface area is 115 Å². The average Bonchev–Trinajstić information content (AvgIpc) is 3.28.